The highest BCUT2D eigenvalue weighted by Gasteiger charge is 2.14. The minimum atomic E-state index is -0.0805. The van der Waals surface area contributed by atoms with Crippen molar-refractivity contribution in [3.8, 4) is 17.2 Å². The second-order valence-electron chi connectivity index (χ2n) is 4.87. The van der Waals surface area contributed by atoms with E-state index in [4.69, 9.17) is 14.2 Å². The lowest BCUT2D eigenvalue weighted by atomic mass is 10.1. The van der Waals surface area contributed by atoms with Crippen LogP contribution in [0.3, 0.4) is 0 Å². The SMILES string of the molecule is CCOc1ccc(CC(=O)Nc2ccc3c(c2)OCO3)cc1. The van der Waals surface area contributed by atoms with Crippen LogP contribution in [0.4, 0.5) is 5.69 Å². The molecule has 1 N–H and O–H groups in total. The third-order valence-electron chi connectivity index (χ3n) is 3.26. The van der Waals surface area contributed by atoms with Crippen molar-refractivity contribution >= 4 is 11.6 Å². The standard InChI is InChI=1S/C17H17NO4/c1-2-20-14-6-3-12(4-7-14)9-17(19)18-13-5-8-15-16(10-13)22-11-21-15/h3-8,10H,2,9,11H2,1H3,(H,18,19). The van der Waals surface area contributed by atoms with Gasteiger partial charge in [-0.15, -0.1) is 0 Å². The van der Waals surface area contributed by atoms with E-state index in [0.717, 1.165) is 11.3 Å². The highest BCUT2D eigenvalue weighted by molar-refractivity contribution is 5.92. The fraction of sp³-hybridized carbons (Fsp3) is 0.235. The Morgan fingerprint density at radius 3 is 2.68 bits per heavy atom. The summed E-state index contributed by atoms with van der Waals surface area (Å²) in [6.45, 7) is 2.79. The zero-order valence-electron chi connectivity index (χ0n) is 12.3. The van der Waals surface area contributed by atoms with E-state index in [1.54, 1.807) is 18.2 Å². The molecule has 0 unspecified atom stereocenters. The lowest BCUT2D eigenvalue weighted by Crippen LogP contribution is -2.14. The van der Waals surface area contributed by atoms with E-state index in [1.807, 2.05) is 31.2 Å². The number of ether oxygens (including phenoxy) is 3. The molecule has 5 heteroatoms. The Labute approximate surface area is 128 Å². The molecule has 2 aromatic carbocycles. The van der Waals surface area contributed by atoms with Crippen LogP contribution in [0.1, 0.15) is 12.5 Å². The van der Waals surface area contributed by atoms with Crippen LogP contribution in [0.2, 0.25) is 0 Å². The number of nitrogens with one attached hydrogen (secondary N) is 1. The molecule has 1 heterocycles. The van der Waals surface area contributed by atoms with Gasteiger partial charge in [-0.3, -0.25) is 4.79 Å². The molecule has 3 rings (SSSR count). The van der Waals surface area contributed by atoms with Gasteiger partial charge in [0.15, 0.2) is 11.5 Å². The van der Waals surface area contributed by atoms with E-state index < -0.39 is 0 Å². The first-order chi connectivity index (χ1) is 10.7. The highest BCUT2D eigenvalue weighted by atomic mass is 16.7. The number of benzene rings is 2. The fourth-order valence-electron chi connectivity index (χ4n) is 2.24. The van der Waals surface area contributed by atoms with Crippen LogP contribution in [0.25, 0.3) is 0 Å². The largest absolute Gasteiger partial charge is 0.494 e. The molecule has 1 aliphatic heterocycles. The van der Waals surface area contributed by atoms with E-state index in [-0.39, 0.29) is 12.7 Å². The monoisotopic (exact) mass is 299 g/mol. The molecule has 0 aliphatic carbocycles. The molecular formula is C17H17NO4. The van der Waals surface area contributed by atoms with Gasteiger partial charge in [-0.2, -0.15) is 0 Å². The quantitative estimate of drug-likeness (QED) is 0.922. The molecule has 0 bridgehead atoms. The molecule has 1 amide bonds. The predicted molar refractivity (Wildman–Crippen MR) is 82.5 cm³/mol. The first-order valence-electron chi connectivity index (χ1n) is 7.16. The molecule has 0 saturated carbocycles. The number of amides is 1. The number of hydrogen-bond acceptors (Lipinski definition) is 4. The molecule has 1 aliphatic rings. The summed E-state index contributed by atoms with van der Waals surface area (Å²) < 4.78 is 15.9. The number of fused-ring (bicyclic) bond motifs is 1. The summed E-state index contributed by atoms with van der Waals surface area (Å²) >= 11 is 0. The minimum absolute atomic E-state index is 0.0805. The average Bonchev–Trinajstić information content (AvgIpc) is 2.97. The molecule has 22 heavy (non-hydrogen) atoms. The second kappa shape index (κ2) is 6.39. The number of carbonyl (C=O) groups excluding carboxylic acids is 1. The van der Waals surface area contributed by atoms with Crippen molar-refractivity contribution in [2.45, 2.75) is 13.3 Å². The van der Waals surface area contributed by atoms with Gasteiger partial charge >= 0.3 is 0 Å². The lowest BCUT2D eigenvalue weighted by molar-refractivity contribution is -0.115. The van der Waals surface area contributed by atoms with Crippen molar-refractivity contribution in [3.05, 3.63) is 48.0 Å². The van der Waals surface area contributed by atoms with Crippen molar-refractivity contribution in [2.75, 3.05) is 18.7 Å². The maximum Gasteiger partial charge on any atom is 0.231 e. The van der Waals surface area contributed by atoms with Crippen molar-refractivity contribution in [3.63, 3.8) is 0 Å². The fourth-order valence-corrected chi connectivity index (χ4v) is 2.24. The third kappa shape index (κ3) is 3.31. The number of hydrogen-bond donors (Lipinski definition) is 1. The van der Waals surface area contributed by atoms with E-state index >= 15 is 0 Å². The molecule has 0 atom stereocenters. The summed E-state index contributed by atoms with van der Waals surface area (Å²) in [4.78, 5) is 12.1. The second-order valence-corrected chi connectivity index (χ2v) is 4.87. The Morgan fingerprint density at radius 1 is 1.14 bits per heavy atom. The molecule has 0 radical (unpaired) electrons. The Balaban J connectivity index is 1.60. The van der Waals surface area contributed by atoms with Crippen LogP contribution in [0.15, 0.2) is 42.5 Å². The van der Waals surface area contributed by atoms with Crippen LogP contribution in [-0.2, 0) is 11.2 Å². The highest BCUT2D eigenvalue weighted by Crippen LogP contribution is 2.34. The van der Waals surface area contributed by atoms with Gasteiger partial charge in [0.2, 0.25) is 12.7 Å². The van der Waals surface area contributed by atoms with E-state index in [0.29, 0.717) is 30.2 Å². The summed E-state index contributed by atoms with van der Waals surface area (Å²) in [6, 6.07) is 12.9. The molecule has 0 fully saturated rings. The normalized spacial score (nSPS) is 12.0. The van der Waals surface area contributed by atoms with Gasteiger partial charge in [-0.05, 0) is 36.8 Å². The van der Waals surface area contributed by atoms with Crippen LogP contribution in [-0.4, -0.2) is 19.3 Å². The Morgan fingerprint density at radius 2 is 1.91 bits per heavy atom. The van der Waals surface area contributed by atoms with Crippen LogP contribution < -0.4 is 19.5 Å². The summed E-state index contributed by atoms with van der Waals surface area (Å²) in [5.41, 5.74) is 1.63. The minimum Gasteiger partial charge on any atom is -0.494 e. The Hall–Kier alpha value is -2.69. The average molecular weight is 299 g/mol. The van der Waals surface area contributed by atoms with Gasteiger partial charge in [0.1, 0.15) is 5.75 Å². The first-order valence-corrected chi connectivity index (χ1v) is 7.16. The third-order valence-corrected chi connectivity index (χ3v) is 3.26. The van der Waals surface area contributed by atoms with Gasteiger partial charge in [0.25, 0.3) is 0 Å². The number of anilines is 1. The summed E-state index contributed by atoms with van der Waals surface area (Å²) in [5, 5.41) is 2.85. The summed E-state index contributed by atoms with van der Waals surface area (Å²) in [6.07, 6.45) is 0.306. The van der Waals surface area contributed by atoms with Crippen LogP contribution in [0, 0.1) is 0 Å². The zero-order chi connectivity index (χ0) is 15.4. The van der Waals surface area contributed by atoms with Gasteiger partial charge in [-0.25, -0.2) is 0 Å². The van der Waals surface area contributed by atoms with Gasteiger partial charge in [0, 0.05) is 11.8 Å². The molecule has 5 nitrogen and oxygen atoms in total. The molecule has 0 aromatic heterocycles. The van der Waals surface area contributed by atoms with E-state index in [2.05, 4.69) is 5.32 Å². The molecule has 0 saturated heterocycles. The topological polar surface area (TPSA) is 56.8 Å². The first kappa shape index (κ1) is 14.3. The Bertz CT molecular complexity index is 667. The number of carbonyl (C=O) groups is 1. The van der Waals surface area contributed by atoms with Gasteiger partial charge in [-0.1, -0.05) is 12.1 Å². The van der Waals surface area contributed by atoms with Crippen LogP contribution in [0.5, 0.6) is 17.2 Å². The maximum atomic E-state index is 12.1. The van der Waals surface area contributed by atoms with E-state index in [9.17, 15) is 4.79 Å². The molecule has 2 aromatic rings. The van der Waals surface area contributed by atoms with Crippen molar-refractivity contribution < 1.29 is 19.0 Å². The molecule has 114 valence electrons. The maximum absolute atomic E-state index is 12.1. The summed E-state index contributed by atoms with van der Waals surface area (Å²) in [5.74, 6) is 2.08. The van der Waals surface area contributed by atoms with Gasteiger partial charge in [0.05, 0.1) is 13.0 Å². The smallest absolute Gasteiger partial charge is 0.231 e. The Kier molecular flexibility index (Phi) is 4.14. The summed E-state index contributed by atoms with van der Waals surface area (Å²) in [7, 11) is 0. The van der Waals surface area contributed by atoms with Crippen molar-refractivity contribution in [2.24, 2.45) is 0 Å². The predicted octanol–water partition coefficient (Wildman–Crippen LogP) is 3.00. The lowest BCUT2D eigenvalue weighted by Gasteiger charge is -2.07. The molecular weight excluding hydrogens is 282 g/mol. The van der Waals surface area contributed by atoms with Crippen LogP contribution >= 0.6 is 0 Å². The molecule has 0 spiro atoms. The van der Waals surface area contributed by atoms with E-state index in [1.165, 1.54) is 0 Å². The van der Waals surface area contributed by atoms with Crippen molar-refractivity contribution in [1.82, 2.24) is 0 Å². The van der Waals surface area contributed by atoms with Gasteiger partial charge < -0.3 is 19.5 Å². The zero-order valence-corrected chi connectivity index (χ0v) is 12.3. The van der Waals surface area contributed by atoms with Crippen molar-refractivity contribution in [1.29, 1.82) is 0 Å². The number of rotatable bonds is 5.